The third-order valence-electron chi connectivity index (χ3n) is 3.10. The quantitative estimate of drug-likeness (QED) is 0.850. The van der Waals surface area contributed by atoms with E-state index in [1.54, 1.807) is 0 Å². The summed E-state index contributed by atoms with van der Waals surface area (Å²) in [6, 6.07) is 12.3. The summed E-state index contributed by atoms with van der Waals surface area (Å²) in [4.78, 5) is 0. The lowest BCUT2D eigenvalue weighted by Gasteiger charge is -2.01. The molecule has 3 nitrogen and oxygen atoms in total. The molecule has 0 atom stereocenters. The predicted octanol–water partition coefficient (Wildman–Crippen LogP) is 2.37. The minimum absolute atomic E-state index is 0.871. The van der Waals surface area contributed by atoms with Gasteiger partial charge in [-0.1, -0.05) is 18.2 Å². The zero-order chi connectivity index (χ0) is 11.5. The second-order valence-electron chi connectivity index (χ2n) is 4.66. The van der Waals surface area contributed by atoms with Crippen molar-refractivity contribution in [2.24, 2.45) is 5.92 Å². The molecule has 1 N–H and O–H groups in total. The smallest absolute Gasteiger partial charge is 0.0766 e. The zero-order valence-electron chi connectivity index (χ0n) is 9.84. The van der Waals surface area contributed by atoms with Crippen LogP contribution < -0.4 is 5.32 Å². The van der Waals surface area contributed by atoms with E-state index in [-0.39, 0.29) is 0 Å². The highest BCUT2D eigenvalue weighted by Gasteiger charge is 2.20. The molecule has 0 spiro atoms. The van der Waals surface area contributed by atoms with E-state index in [1.165, 1.54) is 12.8 Å². The predicted molar refractivity (Wildman–Crippen MR) is 68.0 cm³/mol. The Morgan fingerprint density at radius 3 is 2.76 bits per heavy atom. The molecule has 0 radical (unpaired) electrons. The van der Waals surface area contributed by atoms with E-state index in [0.29, 0.717) is 0 Å². The summed E-state index contributed by atoms with van der Waals surface area (Å²) in [5.41, 5.74) is 2.22. The molecule has 1 aromatic carbocycles. The number of hydrogen-bond donors (Lipinski definition) is 1. The Labute approximate surface area is 101 Å². The second kappa shape index (κ2) is 4.72. The molecule has 1 aromatic heterocycles. The van der Waals surface area contributed by atoms with Gasteiger partial charge in [-0.3, -0.25) is 0 Å². The molecule has 1 aliphatic rings. The lowest BCUT2D eigenvalue weighted by atomic mass is 10.3. The fraction of sp³-hybridized carbons (Fsp3) is 0.357. The topological polar surface area (TPSA) is 29.9 Å². The van der Waals surface area contributed by atoms with Gasteiger partial charge in [0, 0.05) is 12.7 Å². The molecular weight excluding hydrogens is 210 g/mol. The summed E-state index contributed by atoms with van der Waals surface area (Å²) in [7, 11) is 0. The first kappa shape index (κ1) is 10.5. The van der Waals surface area contributed by atoms with Crippen molar-refractivity contribution in [3.05, 3.63) is 48.3 Å². The van der Waals surface area contributed by atoms with E-state index in [4.69, 9.17) is 0 Å². The molecule has 1 fully saturated rings. The van der Waals surface area contributed by atoms with Crippen LogP contribution in [0.25, 0.3) is 5.69 Å². The van der Waals surface area contributed by atoms with E-state index in [0.717, 1.165) is 30.4 Å². The van der Waals surface area contributed by atoms with Crippen LogP contribution in [0.3, 0.4) is 0 Å². The van der Waals surface area contributed by atoms with Crippen molar-refractivity contribution < 1.29 is 0 Å². The Balaban J connectivity index is 1.61. The van der Waals surface area contributed by atoms with E-state index in [2.05, 4.69) is 28.6 Å². The lowest BCUT2D eigenvalue weighted by molar-refractivity contribution is 0.625. The van der Waals surface area contributed by atoms with Crippen LogP contribution in [-0.2, 0) is 6.54 Å². The highest BCUT2D eigenvalue weighted by Crippen LogP contribution is 2.27. The fourth-order valence-corrected chi connectivity index (χ4v) is 1.91. The van der Waals surface area contributed by atoms with Gasteiger partial charge < -0.3 is 5.32 Å². The molecule has 88 valence electrons. The van der Waals surface area contributed by atoms with Crippen LogP contribution in [0.4, 0.5) is 0 Å². The van der Waals surface area contributed by atoms with Crippen molar-refractivity contribution in [1.82, 2.24) is 15.1 Å². The normalized spacial score (nSPS) is 15.1. The molecule has 0 aliphatic heterocycles. The highest BCUT2D eigenvalue weighted by atomic mass is 15.3. The Morgan fingerprint density at radius 2 is 2.00 bits per heavy atom. The number of nitrogens with zero attached hydrogens (tertiary/aromatic N) is 2. The van der Waals surface area contributed by atoms with Gasteiger partial charge in [0.1, 0.15) is 0 Å². The molecule has 0 bridgehead atoms. The third kappa shape index (κ3) is 2.74. The number of para-hydroxylation sites is 1. The van der Waals surface area contributed by atoms with Gasteiger partial charge in [0.05, 0.1) is 11.4 Å². The molecule has 3 rings (SSSR count). The molecule has 3 heteroatoms. The number of aromatic nitrogens is 2. The Morgan fingerprint density at radius 1 is 1.18 bits per heavy atom. The number of rotatable bonds is 5. The summed E-state index contributed by atoms with van der Waals surface area (Å²) in [6.07, 6.45) is 4.81. The average molecular weight is 227 g/mol. The highest BCUT2D eigenvalue weighted by molar-refractivity contribution is 5.30. The maximum atomic E-state index is 4.55. The monoisotopic (exact) mass is 227 g/mol. The minimum Gasteiger partial charge on any atom is -0.311 e. The summed E-state index contributed by atoms with van der Waals surface area (Å²) in [5, 5.41) is 8.00. The lowest BCUT2D eigenvalue weighted by Crippen LogP contribution is -2.16. The van der Waals surface area contributed by atoms with Crippen molar-refractivity contribution >= 4 is 0 Å². The fourth-order valence-electron chi connectivity index (χ4n) is 1.91. The van der Waals surface area contributed by atoms with E-state index < -0.39 is 0 Å². The largest absolute Gasteiger partial charge is 0.311 e. The van der Waals surface area contributed by atoms with Gasteiger partial charge in [-0.25, -0.2) is 4.68 Å². The molecular formula is C14H17N3. The molecule has 17 heavy (non-hydrogen) atoms. The van der Waals surface area contributed by atoms with Gasteiger partial charge in [-0.2, -0.15) is 5.10 Å². The molecule has 1 saturated carbocycles. The van der Waals surface area contributed by atoms with Gasteiger partial charge >= 0.3 is 0 Å². The van der Waals surface area contributed by atoms with Crippen molar-refractivity contribution in [3.8, 4) is 5.69 Å². The van der Waals surface area contributed by atoms with Gasteiger partial charge in [-0.05, 0) is 43.5 Å². The summed E-state index contributed by atoms with van der Waals surface area (Å²) in [6.45, 7) is 2.01. The Kier molecular flexibility index (Phi) is 2.92. The van der Waals surface area contributed by atoms with Crippen LogP contribution in [0.2, 0.25) is 0 Å². The van der Waals surface area contributed by atoms with Crippen LogP contribution in [-0.4, -0.2) is 16.3 Å². The van der Waals surface area contributed by atoms with Crippen LogP contribution in [0.1, 0.15) is 18.5 Å². The van der Waals surface area contributed by atoms with E-state index in [9.17, 15) is 0 Å². The van der Waals surface area contributed by atoms with Crippen LogP contribution in [0.5, 0.6) is 0 Å². The first-order chi connectivity index (χ1) is 8.42. The second-order valence-corrected chi connectivity index (χ2v) is 4.66. The third-order valence-corrected chi connectivity index (χ3v) is 3.10. The zero-order valence-corrected chi connectivity index (χ0v) is 9.84. The molecule has 0 amide bonds. The first-order valence-electron chi connectivity index (χ1n) is 6.22. The average Bonchev–Trinajstić information content (AvgIpc) is 3.07. The van der Waals surface area contributed by atoms with Gasteiger partial charge in [0.2, 0.25) is 0 Å². The SMILES string of the molecule is c1ccc(-n2ccc(CNCC3CC3)n2)cc1. The Hall–Kier alpha value is -1.61. The van der Waals surface area contributed by atoms with Crippen LogP contribution in [0.15, 0.2) is 42.6 Å². The van der Waals surface area contributed by atoms with Crippen molar-refractivity contribution in [2.75, 3.05) is 6.54 Å². The van der Waals surface area contributed by atoms with Crippen molar-refractivity contribution in [3.63, 3.8) is 0 Å². The van der Waals surface area contributed by atoms with Gasteiger partial charge in [0.15, 0.2) is 0 Å². The van der Waals surface area contributed by atoms with Crippen LogP contribution >= 0.6 is 0 Å². The summed E-state index contributed by atoms with van der Waals surface area (Å²) >= 11 is 0. The molecule has 0 saturated heterocycles. The van der Waals surface area contributed by atoms with Gasteiger partial charge in [-0.15, -0.1) is 0 Å². The minimum atomic E-state index is 0.871. The molecule has 1 heterocycles. The molecule has 0 unspecified atom stereocenters. The van der Waals surface area contributed by atoms with E-state index >= 15 is 0 Å². The number of benzene rings is 1. The number of nitrogens with one attached hydrogen (secondary N) is 1. The molecule has 1 aliphatic carbocycles. The van der Waals surface area contributed by atoms with Crippen molar-refractivity contribution in [1.29, 1.82) is 0 Å². The maximum absolute atomic E-state index is 4.55. The maximum Gasteiger partial charge on any atom is 0.0766 e. The standard InChI is InChI=1S/C14H17N3/c1-2-4-14(5-3-1)17-9-8-13(16-17)11-15-10-12-6-7-12/h1-5,8-9,12,15H,6-7,10-11H2. The summed E-state index contributed by atoms with van der Waals surface area (Å²) < 4.78 is 1.92. The Bertz CT molecular complexity index is 471. The molecule has 2 aromatic rings. The first-order valence-corrected chi connectivity index (χ1v) is 6.22. The summed E-state index contributed by atoms with van der Waals surface area (Å²) in [5.74, 6) is 0.922. The van der Waals surface area contributed by atoms with Gasteiger partial charge in [0.25, 0.3) is 0 Å². The van der Waals surface area contributed by atoms with Crippen LogP contribution in [0, 0.1) is 5.92 Å². The number of hydrogen-bond acceptors (Lipinski definition) is 2. The van der Waals surface area contributed by atoms with Crippen molar-refractivity contribution in [2.45, 2.75) is 19.4 Å². The van der Waals surface area contributed by atoms with E-state index in [1.807, 2.05) is 29.1 Å².